The minimum absolute atomic E-state index is 0.0338. The molecule has 13 rings (SSSR count). The number of amides is 6. The van der Waals surface area contributed by atoms with Crippen LogP contribution in [0.2, 0.25) is 0 Å². The molecule has 9 aromatic rings. The summed E-state index contributed by atoms with van der Waals surface area (Å²) in [6.07, 6.45) is -7.56. The molecule has 29 nitrogen and oxygen atoms in total. The number of carbonyl (C=O) groups excluding carboxylic acids is 6. The van der Waals surface area contributed by atoms with Crippen LogP contribution in [0.1, 0.15) is 105 Å². The highest BCUT2D eigenvalue weighted by Crippen LogP contribution is 2.45. The van der Waals surface area contributed by atoms with Gasteiger partial charge in [-0.05, 0) is 133 Å². The molecule has 2 atom stereocenters. The first kappa shape index (κ1) is 88.2. The Balaban J connectivity index is 0.000000178. The van der Waals surface area contributed by atoms with Gasteiger partial charge in [-0.25, -0.2) is 15.0 Å². The second kappa shape index (κ2) is 36.7. The van der Waals surface area contributed by atoms with Gasteiger partial charge < -0.3 is 83.8 Å². The molecule has 0 spiro atoms. The van der Waals surface area contributed by atoms with Crippen LogP contribution in [0.25, 0.3) is 11.6 Å². The summed E-state index contributed by atoms with van der Waals surface area (Å²) in [4.78, 5) is 108. The van der Waals surface area contributed by atoms with Crippen LogP contribution in [0.3, 0.4) is 0 Å². The zero-order valence-electron chi connectivity index (χ0n) is 67.8. The van der Waals surface area contributed by atoms with Gasteiger partial charge in [0.2, 0.25) is 47.3 Å². The predicted molar refractivity (Wildman–Crippen MR) is 426 cm³/mol. The first-order valence-corrected chi connectivity index (χ1v) is 36.9. The average Bonchev–Trinajstić information content (AvgIpc) is 1.69. The van der Waals surface area contributed by atoms with E-state index in [-0.39, 0.29) is 105 Å². The molecule has 1 fully saturated rings. The van der Waals surface area contributed by atoms with Crippen LogP contribution in [-0.2, 0) is 52.5 Å². The molecular weight excluding hydrogens is 1600 g/mol. The number of fused-ring (bicyclic) bond motifs is 3. The van der Waals surface area contributed by atoms with Gasteiger partial charge in [0.15, 0.2) is 0 Å². The molecule has 636 valence electrons. The molecule has 121 heavy (non-hydrogen) atoms. The van der Waals surface area contributed by atoms with E-state index in [0.717, 1.165) is 13.0 Å². The molecule has 0 aliphatic carbocycles. The van der Waals surface area contributed by atoms with Gasteiger partial charge in [0.1, 0.15) is 51.2 Å². The number of benzene rings is 6. The fraction of sp³-hybridized carbons (Fsp3) is 0.301. The first-order valence-electron chi connectivity index (χ1n) is 36.9. The highest BCUT2D eigenvalue weighted by molar-refractivity contribution is 6.03. The summed E-state index contributed by atoms with van der Waals surface area (Å²) in [6.45, 7) is 5.96. The van der Waals surface area contributed by atoms with Gasteiger partial charge in [0.25, 0.3) is 23.6 Å². The minimum Gasteiger partial charge on any atom is -0.495 e. The van der Waals surface area contributed by atoms with Gasteiger partial charge in [-0.15, -0.1) is 0 Å². The van der Waals surface area contributed by atoms with E-state index < -0.39 is 52.9 Å². The maximum Gasteiger partial charge on any atom is 0.423 e. The lowest BCUT2D eigenvalue weighted by Gasteiger charge is -2.36. The van der Waals surface area contributed by atoms with Crippen LogP contribution >= 0.6 is 0 Å². The van der Waals surface area contributed by atoms with E-state index in [9.17, 15) is 68.3 Å². The third-order valence-corrected chi connectivity index (χ3v) is 19.5. The van der Waals surface area contributed by atoms with Gasteiger partial charge in [0.05, 0.1) is 67.2 Å². The van der Waals surface area contributed by atoms with Crippen molar-refractivity contribution >= 4 is 82.0 Å². The van der Waals surface area contributed by atoms with Crippen LogP contribution in [0.4, 0.5) is 74.4 Å². The number of likely N-dealkylation sites (N-methyl/N-ethyl adjacent to an activating group) is 3. The Hall–Kier alpha value is -13.7. The predicted octanol–water partition coefficient (Wildman–Crippen LogP) is 14.2. The third kappa shape index (κ3) is 20.6. The maximum atomic E-state index is 13.9. The molecule has 0 bridgehead atoms. The molecule has 4 aliphatic rings. The number of nitrogens with zero attached hydrogens (tertiary/aromatic N) is 12. The molecule has 7 heterocycles. The summed E-state index contributed by atoms with van der Waals surface area (Å²) in [6, 6.07) is 27.1. The van der Waals surface area contributed by atoms with Gasteiger partial charge >= 0.3 is 18.5 Å². The van der Waals surface area contributed by atoms with Crippen molar-refractivity contribution in [2.24, 2.45) is 0 Å². The number of carbonyl (C=O) groups is 6. The summed E-state index contributed by atoms with van der Waals surface area (Å²) in [5, 5.41) is 11.6. The molecule has 38 heteroatoms. The van der Waals surface area contributed by atoms with Crippen molar-refractivity contribution in [3.05, 3.63) is 206 Å². The summed E-state index contributed by atoms with van der Waals surface area (Å²) in [5.41, 5.74) is 2.93. The van der Waals surface area contributed by atoms with Crippen LogP contribution in [-0.4, -0.2) is 205 Å². The number of piperidine rings is 1. The van der Waals surface area contributed by atoms with Crippen LogP contribution in [0.15, 0.2) is 134 Å². The second-order valence-electron chi connectivity index (χ2n) is 28.5. The number of ether oxygens (including phenoxy) is 7. The third-order valence-electron chi connectivity index (χ3n) is 19.5. The van der Waals surface area contributed by atoms with E-state index in [1.807, 2.05) is 7.05 Å². The molecule has 6 amide bonds. The monoisotopic (exact) mass is 1680 g/mol. The van der Waals surface area contributed by atoms with Crippen LogP contribution in [0, 0.1) is 6.92 Å². The van der Waals surface area contributed by atoms with E-state index in [2.05, 4.69) is 56.1 Å². The number of anilines is 6. The van der Waals surface area contributed by atoms with Crippen molar-refractivity contribution in [2.75, 3.05) is 114 Å². The highest BCUT2D eigenvalue weighted by atomic mass is 19.4. The fourth-order valence-corrected chi connectivity index (χ4v) is 13.0. The number of alkyl halides is 9. The summed E-state index contributed by atoms with van der Waals surface area (Å²) in [7, 11) is 19.2. The average molecular weight is 1680 g/mol. The van der Waals surface area contributed by atoms with Gasteiger partial charge in [-0.3, -0.25) is 28.8 Å². The first-order chi connectivity index (χ1) is 57.2. The SMILES string of the molecule is COc1cc(/C(C)=C/C(=O)N(C)C)ccc1Nc1ncc(C(F)(F)F)c(Oc2cccc3c2C(=O)N(C)C3)n1.COc1cc(/C=C/C(=O)N(C)C)ccc1Nc1ncc(C(F)(F)F)c(Oc2cccc3c2C(=O)N(C)C3)n1.COc1cc(C(=O)N[C@H]2CCN(C)C[C@@H]2OC)c(C)cc1Nc1ncc(C(F)(F)F)c(Oc2cccc3c2C(=O)N(C)C3)n1. The Kier molecular flexibility index (Phi) is 26.7. The molecular formula is C83H83F9N16O13. The number of halogens is 9. The lowest BCUT2D eigenvalue weighted by atomic mass is 10.0. The Morgan fingerprint density at radius 1 is 0.512 bits per heavy atom. The Bertz CT molecular complexity index is 5530. The quantitative estimate of drug-likeness (QED) is 0.0362. The molecule has 0 saturated carbocycles. The molecule has 3 aromatic heterocycles. The number of methoxy groups -OCH3 is 4. The molecule has 1 saturated heterocycles. The molecule has 4 N–H and O–H groups in total. The zero-order chi connectivity index (χ0) is 87.9. The molecule has 4 aliphatic heterocycles. The number of aromatic nitrogens is 6. The highest BCUT2D eigenvalue weighted by Gasteiger charge is 2.42. The number of nitrogens with one attached hydrogen (secondary N) is 4. The Morgan fingerprint density at radius 3 is 1.32 bits per heavy atom. The summed E-state index contributed by atoms with van der Waals surface area (Å²) in [5.74, 6) is -3.83. The van der Waals surface area contributed by atoms with Crippen LogP contribution < -0.4 is 49.7 Å². The van der Waals surface area contributed by atoms with Crippen molar-refractivity contribution in [1.82, 2.24) is 64.6 Å². The molecule has 6 aromatic carbocycles. The van der Waals surface area contributed by atoms with E-state index in [1.165, 1.54) is 76.2 Å². The molecule has 0 radical (unpaired) electrons. The van der Waals surface area contributed by atoms with E-state index in [0.29, 0.717) is 118 Å². The second-order valence-corrected chi connectivity index (χ2v) is 28.5. The van der Waals surface area contributed by atoms with Gasteiger partial charge in [0, 0.05) is 119 Å². The normalized spacial score (nSPS) is 15.1. The van der Waals surface area contributed by atoms with E-state index in [1.54, 1.807) is 161 Å². The van der Waals surface area contributed by atoms with Gasteiger partial charge in [-0.1, -0.05) is 48.5 Å². The standard InChI is InChI=1S/C30H33F3N6O5.C27H26F3N5O4.C26H24F3N5O4/c1-16-11-21(23(42-4)12-18(16)26(40)35-20-9-10-38(2)15-24(20)43-5)36-29-34-13-19(30(31,32)33)27(37-29)44-22-8-6-7-17-14-39(3)28(41)25(17)22;1-15(11-22(36)34(2)3)16-9-10-19(21(12-16)38-5)32-26-31-13-18(27(28,29)30)24(33-26)39-20-8-6-7-17-14-35(4)25(37)23(17)20;1-33(2)21(35)11-9-15-8-10-18(20(12-15)37-4)31-25-30-13-17(26(27,28)29)23(32-25)38-19-7-5-6-16-14-34(3)24(36)22(16)19/h6-8,11-13,20,24H,9-10,14-15H2,1-5H3,(H,35,40)(H,34,36,37);6-13H,14H2,1-5H3,(H,31,32,33);5-13H,14H2,1-4H3,(H,30,31,32)/b;15-11+;11-9+/t20-,24-;;/m0../s1. The number of hydrogen-bond acceptors (Lipinski definition) is 23. The van der Waals surface area contributed by atoms with E-state index >= 15 is 0 Å². The van der Waals surface area contributed by atoms with Crippen molar-refractivity contribution in [1.29, 1.82) is 0 Å². The summed E-state index contributed by atoms with van der Waals surface area (Å²) < 4.78 is 163. The Morgan fingerprint density at radius 2 is 0.917 bits per heavy atom. The number of hydrogen-bond donors (Lipinski definition) is 4. The smallest absolute Gasteiger partial charge is 0.423 e. The largest absolute Gasteiger partial charge is 0.495 e. The zero-order valence-corrected chi connectivity index (χ0v) is 67.8. The minimum atomic E-state index is -4.83. The lowest BCUT2D eigenvalue weighted by molar-refractivity contribution is -0.140. The number of allylic oxidation sites excluding steroid dienone is 1. The van der Waals surface area contributed by atoms with Crippen molar-refractivity contribution in [3.8, 4) is 52.1 Å². The number of likely N-dealkylation sites (tertiary alicyclic amines) is 1. The number of aryl methyl sites for hydroxylation is 1. The summed E-state index contributed by atoms with van der Waals surface area (Å²) >= 11 is 0. The van der Waals surface area contributed by atoms with Crippen molar-refractivity contribution in [2.45, 2.75) is 70.6 Å². The maximum absolute atomic E-state index is 13.9. The fourth-order valence-electron chi connectivity index (χ4n) is 13.0. The topological polar surface area (TPSA) is 312 Å². The van der Waals surface area contributed by atoms with E-state index in [4.69, 9.17) is 33.2 Å². The Labute approximate surface area is 688 Å². The van der Waals surface area contributed by atoms with Gasteiger partial charge in [-0.2, -0.15) is 54.5 Å². The number of rotatable bonds is 22. The lowest BCUT2D eigenvalue weighted by Crippen LogP contribution is -2.53. The van der Waals surface area contributed by atoms with Crippen molar-refractivity contribution < 1.29 is 101 Å². The van der Waals surface area contributed by atoms with Crippen LogP contribution in [0.5, 0.6) is 52.1 Å². The molecule has 0 unspecified atom stereocenters. The van der Waals surface area contributed by atoms with Crippen molar-refractivity contribution in [3.63, 3.8) is 0 Å².